The fraction of sp³-hybridized carbons (Fsp3) is 0.727. The lowest BCUT2D eigenvalue weighted by atomic mass is 9.81. The van der Waals surface area contributed by atoms with Crippen molar-refractivity contribution in [1.82, 2.24) is 19.7 Å². The molecule has 3 aliphatic heterocycles. The maximum atomic E-state index is 16.0. The molecular formula is C33H49FN8O2. The molecule has 44 heavy (non-hydrogen) atoms. The zero-order valence-corrected chi connectivity index (χ0v) is 26.0. The molecule has 5 aliphatic rings. The molecule has 2 saturated carbocycles. The van der Waals surface area contributed by atoms with Gasteiger partial charge in [0.25, 0.3) is 5.91 Å². The molecule has 7 rings (SSSR count). The Balaban J connectivity index is 1.13. The number of amides is 1. The number of anilines is 4. The van der Waals surface area contributed by atoms with Crippen molar-refractivity contribution in [2.24, 2.45) is 0 Å². The van der Waals surface area contributed by atoms with E-state index in [1.807, 2.05) is 6.20 Å². The monoisotopic (exact) mass is 608 g/mol. The highest BCUT2D eigenvalue weighted by Gasteiger charge is 2.45. The van der Waals surface area contributed by atoms with Crippen LogP contribution in [0.2, 0.25) is 0 Å². The molecule has 0 bridgehead atoms. The molecule has 4 N–H and O–H groups in total. The molecule has 1 amide bonds. The number of nitrogen functional groups attached to an aromatic ring is 1. The van der Waals surface area contributed by atoms with Gasteiger partial charge in [-0.25, -0.2) is 9.07 Å². The van der Waals surface area contributed by atoms with E-state index in [0.29, 0.717) is 29.0 Å². The maximum Gasteiger partial charge on any atom is 0.263 e. The number of carbonyl (C=O) groups excluding carboxylic acids is 1. The summed E-state index contributed by atoms with van der Waals surface area (Å²) in [5, 5.41) is 11.2. The summed E-state index contributed by atoms with van der Waals surface area (Å²) in [5.41, 5.74) is 9.00. The molecule has 2 aromatic rings. The van der Waals surface area contributed by atoms with Gasteiger partial charge in [-0.1, -0.05) is 51.4 Å². The predicted molar refractivity (Wildman–Crippen MR) is 171 cm³/mol. The van der Waals surface area contributed by atoms with E-state index in [2.05, 4.69) is 30.5 Å². The Labute approximate surface area is 260 Å². The minimum atomic E-state index is -1.09. The summed E-state index contributed by atoms with van der Waals surface area (Å²) in [6.07, 6.45) is 16.6. The first-order valence-electron chi connectivity index (χ1n) is 17.2. The Hall–Kier alpha value is -2.92. The molecule has 4 fully saturated rings. The molecule has 11 heteroatoms. The molecule has 240 valence electrons. The van der Waals surface area contributed by atoms with Crippen molar-refractivity contribution < 1.29 is 13.9 Å². The van der Waals surface area contributed by atoms with Crippen LogP contribution in [-0.4, -0.2) is 82.7 Å². The molecule has 2 saturated heterocycles. The fourth-order valence-electron chi connectivity index (χ4n) is 8.02. The topological polar surface area (TPSA) is 114 Å². The van der Waals surface area contributed by atoms with Crippen molar-refractivity contribution in [3.63, 3.8) is 0 Å². The summed E-state index contributed by atoms with van der Waals surface area (Å²) >= 11 is 0. The zero-order chi connectivity index (χ0) is 30.1. The Morgan fingerprint density at radius 2 is 1.70 bits per heavy atom. The van der Waals surface area contributed by atoms with Gasteiger partial charge in [0.15, 0.2) is 5.82 Å². The van der Waals surface area contributed by atoms with Crippen LogP contribution in [0.25, 0.3) is 0 Å². The number of alkyl halides is 1. The van der Waals surface area contributed by atoms with Crippen LogP contribution in [0.4, 0.5) is 27.4 Å². The number of hydrogen-bond donors (Lipinski definition) is 3. The Morgan fingerprint density at radius 3 is 2.36 bits per heavy atom. The number of rotatable bonds is 5. The van der Waals surface area contributed by atoms with Crippen LogP contribution in [0.1, 0.15) is 105 Å². The van der Waals surface area contributed by atoms with Crippen LogP contribution in [0, 0.1) is 0 Å². The number of aromatic nitrogens is 3. The van der Waals surface area contributed by atoms with Crippen LogP contribution in [0.3, 0.4) is 0 Å². The molecule has 2 aliphatic carbocycles. The van der Waals surface area contributed by atoms with E-state index in [0.717, 1.165) is 103 Å². The van der Waals surface area contributed by atoms with E-state index in [1.54, 1.807) is 10.9 Å². The number of piperazine rings is 1. The fourth-order valence-corrected chi connectivity index (χ4v) is 8.02. The highest BCUT2D eigenvalue weighted by Crippen LogP contribution is 2.47. The Morgan fingerprint density at radius 1 is 1.00 bits per heavy atom. The molecular weight excluding hydrogens is 559 g/mol. The first kappa shape index (κ1) is 29.8. The van der Waals surface area contributed by atoms with Gasteiger partial charge in [-0.05, 0) is 43.6 Å². The lowest BCUT2D eigenvalue weighted by Crippen LogP contribution is -2.53. The standard InChI is InChI=1S/C33H49FN8O2/c34-27-21-42-31(38-33(27)12-7-5-3-1-2-4-6-8-13-33)28(30(35)39-42)32(43)37-26-20-36-19-25(23-9-10-23)29(26)41-16-14-40(15-17-41)24-11-18-44-22-24/h19-20,23-24,27,38H,1-18,21-22H2,(H2,35,39)(H,37,43)/t24-,27?/m0/s1. The molecule has 10 nitrogen and oxygen atoms in total. The van der Waals surface area contributed by atoms with Crippen molar-refractivity contribution >= 4 is 28.9 Å². The number of carbonyl (C=O) groups is 1. The molecule has 5 heterocycles. The second-order valence-corrected chi connectivity index (χ2v) is 13.8. The average Bonchev–Trinajstić information content (AvgIpc) is 3.64. The van der Waals surface area contributed by atoms with E-state index in [-0.39, 0.29) is 18.3 Å². The molecule has 2 atom stereocenters. The van der Waals surface area contributed by atoms with Crippen molar-refractivity contribution in [1.29, 1.82) is 0 Å². The third kappa shape index (κ3) is 6.01. The summed E-state index contributed by atoms with van der Waals surface area (Å²) in [4.78, 5) is 23.6. The van der Waals surface area contributed by atoms with Gasteiger partial charge in [-0.3, -0.25) is 14.7 Å². The first-order valence-corrected chi connectivity index (χ1v) is 17.2. The highest BCUT2D eigenvalue weighted by molar-refractivity contribution is 6.12. The van der Waals surface area contributed by atoms with E-state index in [9.17, 15) is 4.79 Å². The number of nitrogens with zero attached hydrogens (tertiary/aromatic N) is 5. The number of halogens is 1. The molecule has 1 spiro atoms. The van der Waals surface area contributed by atoms with Gasteiger partial charge in [0, 0.05) is 45.0 Å². The van der Waals surface area contributed by atoms with Gasteiger partial charge >= 0.3 is 0 Å². The van der Waals surface area contributed by atoms with Crippen molar-refractivity contribution in [3.05, 3.63) is 23.5 Å². The largest absolute Gasteiger partial charge is 0.381 e. The molecule has 0 aromatic carbocycles. The number of fused-ring (bicyclic) bond motifs is 1. The average molecular weight is 609 g/mol. The third-order valence-electron chi connectivity index (χ3n) is 10.8. The Kier molecular flexibility index (Phi) is 8.68. The van der Waals surface area contributed by atoms with E-state index in [4.69, 9.17) is 10.5 Å². The van der Waals surface area contributed by atoms with E-state index >= 15 is 4.39 Å². The van der Waals surface area contributed by atoms with Gasteiger partial charge in [0.1, 0.15) is 17.6 Å². The van der Waals surface area contributed by atoms with Crippen molar-refractivity contribution in [3.8, 4) is 0 Å². The quantitative estimate of drug-likeness (QED) is 0.418. The van der Waals surface area contributed by atoms with E-state index in [1.165, 1.54) is 31.2 Å². The molecule has 0 radical (unpaired) electrons. The van der Waals surface area contributed by atoms with E-state index < -0.39 is 11.7 Å². The predicted octanol–water partition coefficient (Wildman–Crippen LogP) is 5.32. The van der Waals surface area contributed by atoms with Crippen LogP contribution in [0.15, 0.2) is 12.4 Å². The summed E-state index contributed by atoms with van der Waals surface area (Å²) < 4.78 is 23.2. The van der Waals surface area contributed by atoms with Crippen LogP contribution in [-0.2, 0) is 11.3 Å². The van der Waals surface area contributed by atoms with Gasteiger partial charge in [-0.2, -0.15) is 5.10 Å². The summed E-state index contributed by atoms with van der Waals surface area (Å²) in [6.45, 7) is 5.48. The highest BCUT2D eigenvalue weighted by atomic mass is 19.1. The van der Waals surface area contributed by atoms with Gasteiger partial charge in [0.2, 0.25) is 0 Å². The summed E-state index contributed by atoms with van der Waals surface area (Å²) in [7, 11) is 0. The van der Waals surface area contributed by atoms with Crippen LogP contribution in [0.5, 0.6) is 0 Å². The number of ether oxygens (including phenoxy) is 1. The van der Waals surface area contributed by atoms with Crippen molar-refractivity contribution in [2.75, 3.05) is 60.7 Å². The number of hydrogen-bond acceptors (Lipinski definition) is 8. The van der Waals surface area contributed by atoms with Gasteiger partial charge < -0.3 is 26.0 Å². The number of pyridine rings is 1. The number of nitrogens with one attached hydrogen (secondary N) is 2. The molecule has 1 unspecified atom stereocenters. The summed E-state index contributed by atoms with van der Waals surface area (Å²) in [6, 6.07) is 0.504. The minimum absolute atomic E-state index is 0.111. The number of nitrogens with two attached hydrogens (primary N) is 1. The first-order chi connectivity index (χ1) is 21.5. The second-order valence-electron chi connectivity index (χ2n) is 13.8. The lowest BCUT2D eigenvalue weighted by molar-refractivity contribution is 0.102. The second kappa shape index (κ2) is 12.8. The maximum absolute atomic E-state index is 16.0. The zero-order valence-electron chi connectivity index (χ0n) is 26.0. The smallest absolute Gasteiger partial charge is 0.263 e. The van der Waals surface area contributed by atoms with Gasteiger partial charge in [0.05, 0.1) is 36.3 Å². The Bertz CT molecular complexity index is 1300. The molecule has 2 aromatic heterocycles. The van der Waals surface area contributed by atoms with Crippen molar-refractivity contribution in [2.45, 2.75) is 114 Å². The third-order valence-corrected chi connectivity index (χ3v) is 10.8. The van der Waals surface area contributed by atoms with Crippen LogP contribution < -0.4 is 21.3 Å². The normalized spacial score (nSPS) is 26.5. The SMILES string of the molecule is Nc1nn2c(c1C(=O)Nc1cncc(C3CC3)c1N1CCN([C@H]3CCOC3)CC1)NC1(CCCCCCCCCC1)C(F)C2. The minimum Gasteiger partial charge on any atom is -0.381 e. The van der Waals surface area contributed by atoms with Crippen LogP contribution >= 0.6 is 0 Å². The van der Waals surface area contributed by atoms with Gasteiger partial charge in [-0.15, -0.1) is 0 Å². The summed E-state index contributed by atoms with van der Waals surface area (Å²) in [5.74, 6) is 0.831. The lowest BCUT2D eigenvalue weighted by Gasteiger charge is -2.42.